The molecule has 3 rings (SSSR count). The van der Waals surface area contributed by atoms with Gasteiger partial charge in [-0.25, -0.2) is 4.79 Å². The Hall–Kier alpha value is -1.62. The van der Waals surface area contributed by atoms with Crippen molar-refractivity contribution in [2.75, 3.05) is 0 Å². The number of rotatable bonds is 1. The van der Waals surface area contributed by atoms with Gasteiger partial charge in [0.15, 0.2) is 0 Å². The van der Waals surface area contributed by atoms with E-state index in [9.17, 15) is 14.7 Å². The van der Waals surface area contributed by atoms with Crippen LogP contribution in [0.5, 0.6) is 0 Å². The monoisotopic (exact) mass is 306 g/mol. The van der Waals surface area contributed by atoms with Crippen LogP contribution in [0, 0.1) is 17.8 Å². The SMILES string of the molecule is C=C1C(=O)O[C@H]2[C@H]1[C@@H](OC(C)=O)C[C@@](C)(O)[C@@H]1CC=C(C)[C@@H]21. The van der Waals surface area contributed by atoms with Gasteiger partial charge < -0.3 is 14.6 Å². The molecule has 0 radical (unpaired) electrons. The van der Waals surface area contributed by atoms with Crippen molar-refractivity contribution < 1.29 is 24.2 Å². The number of carbonyl (C=O) groups is 2. The van der Waals surface area contributed by atoms with Gasteiger partial charge >= 0.3 is 11.9 Å². The van der Waals surface area contributed by atoms with Crippen LogP contribution in [0.2, 0.25) is 0 Å². The zero-order valence-corrected chi connectivity index (χ0v) is 13.2. The van der Waals surface area contributed by atoms with E-state index >= 15 is 0 Å². The number of hydrogen-bond acceptors (Lipinski definition) is 5. The van der Waals surface area contributed by atoms with E-state index in [4.69, 9.17) is 9.47 Å². The standard InChI is InChI=1S/C17H22O5/c1-8-5-6-11-13(8)15-14(9(2)16(19)22-15)12(21-10(3)18)7-17(11,4)20/h5,11-15,20H,2,6-7H2,1,3-4H3/t11-,12+,13-,14-,15-,17-/m1/s1. The van der Waals surface area contributed by atoms with Crippen molar-refractivity contribution in [3.05, 3.63) is 23.8 Å². The van der Waals surface area contributed by atoms with Crippen molar-refractivity contribution >= 4 is 11.9 Å². The number of ether oxygens (including phenoxy) is 2. The largest absolute Gasteiger partial charge is 0.462 e. The van der Waals surface area contributed by atoms with Crippen molar-refractivity contribution in [1.29, 1.82) is 0 Å². The van der Waals surface area contributed by atoms with E-state index in [2.05, 4.69) is 12.7 Å². The Bertz CT molecular complexity index is 574. The highest BCUT2D eigenvalue weighted by molar-refractivity contribution is 5.91. The lowest BCUT2D eigenvalue weighted by Gasteiger charge is -2.34. The van der Waals surface area contributed by atoms with Crippen LogP contribution in [0.4, 0.5) is 0 Å². The van der Waals surface area contributed by atoms with Gasteiger partial charge in [0.05, 0.1) is 11.5 Å². The lowest BCUT2D eigenvalue weighted by Crippen LogP contribution is -2.40. The molecule has 3 aliphatic rings. The Morgan fingerprint density at radius 1 is 1.50 bits per heavy atom. The summed E-state index contributed by atoms with van der Waals surface area (Å²) in [6.07, 6.45) is 2.12. The first kappa shape index (κ1) is 15.3. The second kappa shape index (κ2) is 4.95. The summed E-state index contributed by atoms with van der Waals surface area (Å²) in [5.74, 6) is -1.33. The number of esters is 2. The van der Waals surface area contributed by atoms with Gasteiger partial charge in [-0.3, -0.25) is 4.79 Å². The van der Waals surface area contributed by atoms with Gasteiger partial charge in [0.25, 0.3) is 0 Å². The Morgan fingerprint density at radius 3 is 2.82 bits per heavy atom. The zero-order valence-electron chi connectivity index (χ0n) is 13.2. The molecule has 6 atom stereocenters. The number of aliphatic hydroxyl groups is 1. The predicted molar refractivity (Wildman–Crippen MR) is 78.7 cm³/mol. The van der Waals surface area contributed by atoms with Crippen molar-refractivity contribution in [2.24, 2.45) is 17.8 Å². The van der Waals surface area contributed by atoms with E-state index in [0.717, 1.165) is 12.0 Å². The normalized spacial score (nSPS) is 43.8. The van der Waals surface area contributed by atoms with Gasteiger partial charge in [0.2, 0.25) is 0 Å². The Kier molecular flexibility index (Phi) is 3.44. The molecule has 0 aromatic carbocycles. The third-order valence-electron chi connectivity index (χ3n) is 5.40. The molecular formula is C17H22O5. The van der Waals surface area contributed by atoms with E-state index in [1.807, 2.05) is 6.92 Å². The molecule has 22 heavy (non-hydrogen) atoms. The summed E-state index contributed by atoms with van der Waals surface area (Å²) in [6, 6.07) is 0. The molecule has 0 unspecified atom stereocenters. The second-order valence-corrected chi connectivity index (χ2v) is 6.95. The average molecular weight is 306 g/mol. The van der Waals surface area contributed by atoms with Gasteiger partial charge in [-0.2, -0.15) is 0 Å². The molecule has 2 fully saturated rings. The molecule has 0 aromatic rings. The molecule has 1 N–H and O–H groups in total. The molecular weight excluding hydrogens is 284 g/mol. The molecule has 5 heteroatoms. The molecule has 1 heterocycles. The topological polar surface area (TPSA) is 72.8 Å². The molecule has 0 aromatic heterocycles. The first-order chi connectivity index (χ1) is 10.2. The smallest absolute Gasteiger partial charge is 0.334 e. The maximum atomic E-state index is 12.0. The molecule has 0 spiro atoms. The van der Waals surface area contributed by atoms with Crippen molar-refractivity contribution in [3.63, 3.8) is 0 Å². The highest BCUT2D eigenvalue weighted by Crippen LogP contribution is 2.52. The highest BCUT2D eigenvalue weighted by atomic mass is 16.6. The van der Waals surface area contributed by atoms with Gasteiger partial charge in [0.1, 0.15) is 12.2 Å². The van der Waals surface area contributed by atoms with Crippen LogP contribution in [-0.2, 0) is 19.1 Å². The first-order valence-electron chi connectivity index (χ1n) is 7.68. The summed E-state index contributed by atoms with van der Waals surface area (Å²) in [6.45, 7) is 8.95. The van der Waals surface area contributed by atoms with Gasteiger partial charge in [-0.05, 0) is 20.3 Å². The maximum absolute atomic E-state index is 12.0. The van der Waals surface area contributed by atoms with Crippen LogP contribution >= 0.6 is 0 Å². The number of fused-ring (bicyclic) bond motifs is 3. The minimum Gasteiger partial charge on any atom is -0.462 e. The van der Waals surface area contributed by atoms with Crippen LogP contribution in [-0.4, -0.2) is 34.9 Å². The zero-order chi connectivity index (χ0) is 16.2. The van der Waals surface area contributed by atoms with Crippen LogP contribution in [0.25, 0.3) is 0 Å². The summed E-state index contributed by atoms with van der Waals surface area (Å²) in [7, 11) is 0. The van der Waals surface area contributed by atoms with Crippen molar-refractivity contribution in [1.82, 2.24) is 0 Å². The molecule has 120 valence electrons. The summed E-state index contributed by atoms with van der Waals surface area (Å²) >= 11 is 0. The minimum absolute atomic E-state index is 0.0424. The third kappa shape index (κ3) is 2.19. The van der Waals surface area contributed by atoms with Gasteiger partial charge in [0, 0.05) is 30.8 Å². The summed E-state index contributed by atoms with van der Waals surface area (Å²) < 4.78 is 11.0. The molecule has 0 amide bonds. The van der Waals surface area contributed by atoms with Crippen LogP contribution in [0.1, 0.15) is 33.6 Å². The fourth-order valence-electron chi connectivity index (χ4n) is 4.40. The number of carbonyl (C=O) groups excluding carboxylic acids is 2. The van der Waals surface area contributed by atoms with Crippen molar-refractivity contribution in [3.8, 4) is 0 Å². The van der Waals surface area contributed by atoms with E-state index in [-0.39, 0.29) is 24.2 Å². The van der Waals surface area contributed by atoms with E-state index in [1.165, 1.54) is 6.92 Å². The van der Waals surface area contributed by atoms with Gasteiger partial charge in [-0.1, -0.05) is 18.2 Å². The first-order valence-corrected chi connectivity index (χ1v) is 7.68. The Morgan fingerprint density at radius 2 is 2.18 bits per heavy atom. The van der Waals surface area contributed by atoms with E-state index < -0.39 is 29.7 Å². The van der Waals surface area contributed by atoms with Crippen LogP contribution in [0.15, 0.2) is 23.8 Å². The van der Waals surface area contributed by atoms with E-state index in [1.54, 1.807) is 6.92 Å². The van der Waals surface area contributed by atoms with Crippen molar-refractivity contribution in [2.45, 2.75) is 51.4 Å². The molecule has 0 bridgehead atoms. The van der Waals surface area contributed by atoms with Gasteiger partial charge in [-0.15, -0.1) is 0 Å². The Labute approximate surface area is 130 Å². The number of hydrogen-bond donors (Lipinski definition) is 1. The summed E-state index contributed by atoms with van der Waals surface area (Å²) in [5.41, 5.74) is 0.467. The molecule has 1 saturated carbocycles. The minimum atomic E-state index is -0.990. The quantitative estimate of drug-likeness (QED) is 0.454. The van der Waals surface area contributed by atoms with E-state index in [0.29, 0.717) is 5.57 Å². The van der Waals surface area contributed by atoms with Crippen LogP contribution in [0.3, 0.4) is 0 Å². The highest BCUT2D eigenvalue weighted by Gasteiger charge is 2.58. The Balaban J connectivity index is 2.05. The summed E-state index contributed by atoms with van der Waals surface area (Å²) in [5, 5.41) is 10.9. The lowest BCUT2D eigenvalue weighted by atomic mass is 9.76. The second-order valence-electron chi connectivity index (χ2n) is 6.95. The maximum Gasteiger partial charge on any atom is 0.334 e. The average Bonchev–Trinajstić information content (AvgIpc) is 2.87. The number of allylic oxidation sites excluding steroid dienone is 1. The predicted octanol–water partition coefficient (Wildman–Crippen LogP) is 1.75. The molecule has 2 aliphatic carbocycles. The fourth-order valence-corrected chi connectivity index (χ4v) is 4.40. The third-order valence-corrected chi connectivity index (χ3v) is 5.40. The summed E-state index contributed by atoms with van der Waals surface area (Å²) in [4.78, 5) is 23.4. The van der Waals surface area contributed by atoms with Crippen LogP contribution < -0.4 is 0 Å². The molecule has 1 saturated heterocycles. The molecule has 1 aliphatic heterocycles. The lowest BCUT2D eigenvalue weighted by molar-refractivity contribution is -0.152. The molecule has 5 nitrogen and oxygen atoms in total. The fraction of sp³-hybridized carbons (Fsp3) is 0.647.